The Labute approximate surface area is 93.1 Å². The lowest BCUT2D eigenvalue weighted by Gasteiger charge is -1.98. The monoisotopic (exact) mass is 220 g/mol. The van der Waals surface area contributed by atoms with Gasteiger partial charge in [0, 0.05) is 0 Å². The summed E-state index contributed by atoms with van der Waals surface area (Å²) in [5.74, 6) is -1.82. The summed E-state index contributed by atoms with van der Waals surface area (Å²) >= 11 is 0. The van der Waals surface area contributed by atoms with Crippen molar-refractivity contribution in [3.05, 3.63) is 35.9 Å². The van der Waals surface area contributed by atoms with Gasteiger partial charge in [0.15, 0.2) is 0 Å². The molecule has 1 amide bonds. The molecule has 5 nitrogen and oxygen atoms in total. The third kappa shape index (κ3) is 3.91. The molecular weight excluding hydrogens is 208 g/mol. The lowest BCUT2D eigenvalue weighted by atomic mass is 10.2. The summed E-state index contributed by atoms with van der Waals surface area (Å²) in [7, 11) is 0. The highest BCUT2D eigenvalue weighted by Crippen LogP contribution is 1.93. The number of nitrogens with one attached hydrogen (secondary N) is 1. The van der Waals surface area contributed by atoms with Gasteiger partial charge in [-0.3, -0.25) is 4.79 Å². The van der Waals surface area contributed by atoms with Gasteiger partial charge in [0.2, 0.25) is 0 Å². The number of amides is 1. The molecule has 0 radical (unpaired) electrons. The van der Waals surface area contributed by atoms with Gasteiger partial charge in [-0.05, 0) is 12.5 Å². The number of esters is 1. The molecule has 1 aromatic rings. The fourth-order valence-corrected chi connectivity index (χ4v) is 0.947. The van der Waals surface area contributed by atoms with E-state index in [0.29, 0.717) is 0 Å². The van der Waals surface area contributed by atoms with E-state index in [-0.39, 0.29) is 6.61 Å². The molecule has 0 aliphatic heterocycles. The Morgan fingerprint density at radius 3 is 2.69 bits per heavy atom. The summed E-state index contributed by atoms with van der Waals surface area (Å²) in [6.45, 7) is 1.78. The Kier molecular flexibility index (Phi) is 4.72. The van der Waals surface area contributed by atoms with Crippen molar-refractivity contribution < 1.29 is 14.3 Å². The van der Waals surface area contributed by atoms with Crippen molar-refractivity contribution in [2.45, 2.75) is 6.92 Å². The molecule has 1 aromatic carbocycles. The van der Waals surface area contributed by atoms with Crippen molar-refractivity contribution >= 4 is 18.1 Å². The zero-order valence-electron chi connectivity index (χ0n) is 8.84. The summed E-state index contributed by atoms with van der Waals surface area (Å²) in [4.78, 5) is 21.9. The molecule has 0 atom stereocenters. The fourth-order valence-electron chi connectivity index (χ4n) is 0.947. The molecule has 0 aromatic heterocycles. The molecule has 16 heavy (non-hydrogen) atoms. The number of benzene rings is 1. The van der Waals surface area contributed by atoms with Gasteiger partial charge in [-0.15, -0.1) is 0 Å². The van der Waals surface area contributed by atoms with Crippen LogP contribution in [0.2, 0.25) is 0 Å². The zero-order chi connectivity index (χ0) is 11.8. The first-order chi connectivity index (χ1) is 7.74. The predicted molar refractivity (Wildman–Crippen MR) is 58.8 cm³/mol. The Bertz CT molecular complexity index is 387. The first kappa shape index (κ1) is 11.9. The first-order valence-electron chi connectivity index (χ1n) is 4.79. The standard InChI is InChI=1S/C11H12N2O3/c1-2-16-11(15)10(14)13-12-8-9-6-4-3-5-7-9/h3-8H,2H2,1H3,(H,13,14)/b12-8+. The number of hydrazone groups is 1. The number of carbonyl (C=O) groups is 2. The lowest BCUT2D eigenvalue weighted by Crippen LogP contribution is -2.28. The quantitative estimate of drug-likeness (QED) is 0.353. The lowest BCUT2D eigenvalue weighted by molar-refractivity contribution is -0.154. The van der Waals surface area contributed by atoms with Gasteiger partial charge in [0.1, 0.15) is 0 Å². The largest absolute Gasteiger partial charge is 0.459 e. The molecule has 0 bridgehead atoms. The number of hydrogen-bond acceptors (Lipinski definition) is 4. The van der Waals surface area contributed by atoms with E-state index in [9.17, 15) is 9.59 Å². The minimum Gasteiger partial charge on any atom is -0.459 e. The van der Waals surface area contributed by atoms with Crippen LogP contribution in [0.15, 0.2) is 35.4 Å². The maximum absolute atomic E-state index is 11.0. The summed E-state index contributed by atoms with van der Waals surface area (Å²) < 4.78 is 4.48. The second-order valence-electron chi connectivity index (χ2n) is 2.83. The Hall–Kier alpha value is -2.17. The number of ether oxygens (including phenoxy) is 1. The molecule has 0 spiro atoms. The van der Waals surface area contributed by atoms with Gasteiger partial charge in [0.25, 0.3) is 0 Å². The van der Waals surface area contributed by atoms with Crippen LogP contribution in [0.3, 0.4) is 0 Å². The molecule has 0 unspecified atom stereocenters. The van der Waals surface area contributed by atoms with Gasteiger partial charge < -0.3 is 4.74 Å². The molecule has 0 saturated carbocycles. The summed E-state index contributed by atoms with van der Waals surface area (Å²) in [5, 5.41) is 3.62. The van der Waals surface area contributed by atoms with E-state index in [1.165, 1.54) is 6.21 Å². The Balaban J connectivity index is 2.43. The molecule has 84 valence electrons. The topological polar surface area (TPSA) is 67.8 Å². The first-order valence-corrected chi connectivity index (χ1v) is 4.79. The molecular formula is C11H12N2O3. The fraction of sp³-hybridized carbons (Fsp3) is 0.182. The smallest absolute Gasteiger partial charge is 0.398 e. The molecule has 0 aliphatic carbocycles. The van der Waals surface area contributed by atoms with E-state index in [1.807, 2.05) is 30.3 Å². The second-order valence-corrected chi connectivity index (χ2v) is 2.83. The van der Waals surface area contributed by atoms with Crippen LogP contribution < -0.4 is 5.43 Å². The molecule has 1 rings (SSSR count). The van der Waals surface area contributed by atoms with Gasteiger partial charge in [0.05, 0.1) is 12.8 Å². The van der Waals surface area contributed by atoms with Crippen LogP contribution in [0, 0.1) is 0 Å². The van der Waals surface area contributed by atoms with Crippen LogP contribution in [-0.4, -0.2) is 24.7 Å². The molecule has 0 fully saturated rings. The van der Waals surface area contributed by atoms with E-state index >= 15 is 0 Å². The maximum Gasteiger partial charge on any atom is 0.398 e. The zero-order valence-corrected chi connectivity index (χ0v) is 8.84. The number of nitrogens with zero attached hydrogens (tertiary/aromatic N) is 1. The van der Waals surface area contributed by atoms with Gasteiger partial charge in [-0.2, -0.15) is 5.10 Å². The SMILES string of the molecule is CCOC(=O)C(=O)N/N=C/c1ccccc1. The summed E-state index contributed by atoms with van der Waals surface area (Å²) in [5.41, 5.74) is 2.90. The number of hydrogen-bond donors (Lipinski definition) is 1. The van der Waals surface area contributed by atoms with Crippen LogP contribution in [-0.2, 0) is 14.3 Å². The predicted octanol–water partition coefficient (Wildman–Crippen LogP) is 0.700. The van der Waals surface area contributed by atoms with E-state index in [2.05, 4.69) is 15.3 Å². The van der Waals surface area contributed by atoms with Gasteiger partial charge >= 0.3 is 11.9 Å². The van der Waals surface area contributed by atoms with Gasteiger partial charge in [-0.25, -0.2) is 10.2 Å². The average Bonchev–Trinajstić information content (AvgIpc) is 2.30. The molecule has 5 heteroatoms. The van der Waals surface area contributed by atoms with E-state index in [0.717, 1.165) is 5.56 Å². The minimum absolute atomic E-state index is 0.161. The highest BCUT2D eigenvalue weighted by molar-refractivity contribution is 6.32. The average molecular weight is 220 g/mol. The van der Waals surface area contributed by atoms with E-state index < -0.39 is 11.9 Å². The Morgan fingerprint density at radius 2 is 2.06 bits per heavy atom. The number of rotatable bonds is 3. The highest BCUT2D eigenvalue weighted by Gasteiger charge is 2.12. The Morgan fingerprint density at radius 1 is 1.38 bits per heavy atom. The van der Waals surface area contributed by atoms with Crippen molar-refractivity contribution in [2.75, 3.05) is 6.61 Å². The van der Waals surface area contributed by atoms with E-state index in [1.54, 1.807) is 6.92 Å². The third-order valence-electron chi connectivity index (χ3n) is 1.64. The van der Waals surface area contributed by atoms with Crippen molar-refractivity contribution in [1.29, 1.82) is 0 Å². The van der Waals surface area contributed by atoms with Gasteiger partial charge in [-0.1, -0.05) is 30.3 Å². The van der Waals surface area contributed by atoms with Crippen LogP contribution >= 0.6 is 0 Å². The van der Waals surface area contributed by atoms with Crippen LogP contribution in [0.25, 0.3) is 0 Å². The highest BCUT2D eigenvalue weighted by atomic mass is 16.5. The van der Waals surface area contributed by atoms with Crippen molar-refractivity contribution in [2.24, 2.45) is 5.10 Å². The summed E-state index contributed by atoms with van der Waals surface area (Å²) in [6.07, 6.45) is 1.44. The minimum atomic E-state index is -0.937. The van der Waals surface area contributed by atoms with Crippen LogP contribution in [0.1, 0.15) is 12.5 Å². The molecule has 0 saturated heterocycles. The summed E-state index contributed by atoms with van der Waals surface area (Å²) in [6, 6.07) is 9.19. The second kappa shape index (κ2) is 6.34. The molecule has 1 N–H and O–H groups in total. The maximum atomic E-state index is 11.0. The van der Waals surface area contributed by atoms with Crippen molar-refractivity contribution in [3.63, 3.8) is 0 Å². The molecule has 0 heterocycles. The third-order valence-corrected chi connectivity index (χ3v) is 1.64. The molecule has 0 aliphatic rings. The number of carbonyl (C=O) groups excluding carboxylic acids is 2. The van der Waals surface area contributed by atoms with E-state index in [4.69, 9.17) is 0 Å². The van der Waals surface area contributed by atoms with Crippen LogP contribution in [0.5, 0.6) is 0 Å². The van der Waals surface area contributed by atoms with Crippen molar-refractivity contribution in [3.8, 4) is 0 Å². The van der Waals surface area contributed by atoms with Crippen molar-refractivity contribution in [1.82, 2.24) is 5.43 Å². The van der Waals surface area contributed by atoms with Crippen LogP contribution in [0.4, 0.5) is 0 Å². The normalized spacial score (nSPS) is 10.1.